The van der Waals surface area contributed by atoms with Crippen LogP contribution in [0.3, 0.4) is 0 Å². The van der Waals surface area contributed by atoms with Crippen molar-refractivity contribution in [2.75, 3.05) is 13.1 Å². The molecule has 1 unspecified atom stereocenters. The average molecular weight is 321 g/mol. The Hall–Kier alpha value is -1.55. The van der Waals surface area contributed by atoms with E-state index in [-0.39, 0.29) is 12.3 Å². The Labute approximate surface area is 135 Å². The molecule has 0 bridgehead atoms. The highest BCUT2D eigenvalue weighted by Gasteiger charge is 2.38. The summed E-state index contributed by atoms with van der Waals surface area (Å²) in [5, 5.41) is 0. The van der Waals surface area contributed by atoms with Crippen molar-refractivity contribution in [3.63, 3.8) is 0 Å². The summed E-state index contributed by atoms with van der Waals surface area (Å²) in [5.41, 5.74) is 2.18. The van der Waals surface area contributed by atoms with Gasteiger partial charge in [0.15, 0.2) is 0 Å². The van der Waals surface area contributed by atoms with Gasteiger partial charge < -0.3 is 0 Å². The minimum Gasteiger partial charge on any atom is -0.299 e. The van der Waals surface area contributed by atoms with Crippen LogP contribution in [0.1, 0.15) is 24.8 Å². The van der Waals surface area contributed by atoms with Crippen LogP contribution in [0.25, 0.3) is 0 Å². The molecule has 23 heavy (non-hydrogen) atoms. The quantitative estimate of drug-likeness (QED) is 0.760. The highest BCUT2D eigenvalue weighted by molar-refractivity contribution is 5.27. The molecule has 1 saturated heterocycles. The lowest BCUT2D eigenvalue weighted by atomic mass is 9.83. The van der Waals surface area contributed by atoms with Gasteiger partial charge >= 0.3 is 6.18 Å². The van der Waals surface area contributed by atoms with E-state index in [0.29, 0.717) is 0 Å². The van der Waals surface area contributed by atoms with Crippen LogP contribution in [-0.4, -0.2) is 24.2 Å². The number of alkyl halides is 3. The van der Waals surface area contributed by atoms with Crippen molar-refractivity contribution in [3.8, 4) is 0 Å². The van der Waals surface area contributed by atoms with Crippen molar-refractivity contribution < 1.29 is 13.2 Å². The van der Waals surface area contributed by atoms with Crippen molar-refractivity contribution in [2.45, 2.75) is 32.0 Å². The fourth-order valence-corrected chi connectivity index (χ4v) is 3.47. The summed E-state index contributed by atoms with van der Waals surface area (Å²) in [4.78, 5) is 2.39. The molecule has 0 amide bonds. The zero-order valence-electron chi connectivity index (χ0n) is 13.1. The number of rotatable bonds is 3. The van der Waals surface area contributed by atoms with Crippen LogP contribution < -0.4 is 0 Å². The molecule has 1 aromatic carbocycles. The summed E-state index contributed by atoms with van der Waals surface area (Å²) in [6.45, 7) is 2.82. The standard InChI is InChI=1S/C19H22F3N/c20-19(21,22)18-8-4-7-17(13-18)16-9-11-23(12-10-16)14-15-5-2-1-3-6-15/h1-7,13,16,18H,8-12,14H2. The lowest BCUT2D eigenvalue weighted by Gasteiger charge is -2.34. The zero-order chi connectivity index (χ0) is 16.3. The first kappa shape index (κ1) is 16.3. The molecule has 2 aliphatic rings. The predicted octanol–water partition coefficient (Wildman–Crippen LogP) is 4.96. The normalized spacial score (nSPS) is 23.8. The number of hydrogen-bond acceptors (Lipinski definition) is 1. The zero-order valence-corrected chi connectivity index (χ0v) is 13.1. The molecule has 0 N–H and O–H groups in total. The third-order valence-electron chi connectivity index (χ3n) is 4.82. The number of likely N-dealkylation sites (tertiary alicyclic amines) is 1. The van der Waals surface area contributed by atoms with E-state index in [1.54, 1.807) is 6.08 Å². The van der Waals surface area contributed by atoms with Gasteiger partial charge in [0.1, 0.15) is 0 Å². The van der Waals surface area contributed by atoms with E-state index in [0.717, 1.165) is 38.0 Å². The van der Waals surface area contributed by atoms with Crippen molar-refractivity contribution in [1.29, 1.82) is 0 Å². The minimum absolute atomic E-state index is 0.0832. The molecule has 3 rings (SSSR count). The summed E-state index contributed by atoms with van der Waals surface area (Å²) >= 11 is 0. The molecule has 0 saturated carbocycles. The van der Waals surface area contributed by atoms with E-state index >= 15 is 0 Å². The smallest absolute Gasteiger partial charge is 0.299 e. The Balaban J connectivity index is 1.56. The molecule has 1 nitrogen and oxygen atoms in total. The number of halogens is 3. The van der Waals surface area contributed by atoms with E-state index < -0.39 is 12.1 Å². The first-order chi connectivity index (χ1) is 11.0. The maximum atomic E-state index is 12.9. The summed E-state index contributed by atoms with van der Waals surface area (Å²) in [5.74, 6) is -1.03. The van der Waals surface area contributed by atoms with Gasteiger partial charge in [-0.15, -0.1) is 0 Å². The topological polar surface area (TPSA) is 3.24 Å². The molecular weight excluding hydrogens is 299 g/mol. The maximum absolute atomic E-state index is 12.9. The minimum atomic E-state index is -4.12. The molecule has 1 fully saturated rings. The van der Waals surface area contributed by atoms with Crippen LogP contribution in [0.4, 0.5) is 13.2 Å². The van der Waals surface area contributed by atoms with Crippen molar-refractivity contribution in [3.05, 3.63) is 59.7 Å². The van der Waals surface area contributed by atoms with Crippen LogP contribution >= 0.6 is 0 Å². The number of nitrogens with zero attached hydrogens (tertiary/aromatic N) is 1. The molecule has 124 valence electrons. The number of benzene rings is 1. The fourth-order valence-electron chi connectivity index (χ4n) is 3.47. The van der Waals surface area contributed by atoms with Gasteiger partial charge in [-0.25, -0.2) is 0 Å². The molecular formula is C19H22F3N. The van der Waals surface area contributed by atoms with Gasteiger partial charge in [-0.1, -0.05) is 48.6 Å². The molecule has 1 atom stereocenters. The van der Waals surface area contributed by atoms with Crippen molar-refractivity contribution >= 4 is 0 Å². The highest BCUT2D eigenvalue weighted by atomic mass is 19.4. The number of piperidine rings is 1. The molecule has 1 aromatic rings. The first-order valence-corrected chi connectivity index (χ1v) is 8.23. The van der Waals surface area contributed by atoms with Gasteiger partial charge in [0, 0.05) is 6.54 Å². The van der Waals surface area contributed by atoms with Gasteiger partial charge in [0.25, 0.3) is 0 Å². The van der Waals surface area contributed by atoms with Crippen LogP contribution in [-0.2, 0) is 6.54 Å². The molecule has 0 radical (unpaired) electrons. The van der Waals surface area contributed by atoms with Crippen LogP contribution in [0, 0.1) is 11.8 Å². The Morgan fingerprint density at radius 1 is 1.04 bits per heavy atom. The molecule has 4 heteroatoms. The van der Waals surface area contributed by atoms with E-state index in [4.69, 9.17) is 0 Å². The highest BCUT2D eigenvalue weighted by Crippen LogP contribution is 2.37. The fraction of sp³-hybridized carbons (Fsp3) is 0.474. The number of allylic oxidation sites excluding steroid dienone is 4. The van der Waals surface area contributed by atoms with E-state index in [2.05, 4.69) is 17.0 Å². The monoisotopic (exact) mass is 321 g/mol. The predicted molar refractivity (Wildman–Crippen MR) is 85.8 cm³/mol. The lowest BCUT2D eigenvalue weighted by molar-refractivity contribution is -0.160. The lowest BCUT2D eigenvalue weighted by Crippen LogP contribution is -2.34. The number of hydrogen-bond donors (Lipinski definition) is 0. The van der Waals surface area contributed by atoms with Gasteiger partial charge in [-0.3, -0.25) is 4.90 Å². The van der Waals surface area contributed by atoms with Gasteiger partial charge in [-0.05, 0) is 49.4 Å². The second-order valence-corrected chi connectivity index (χ2v) is 6.49. The Morgan fingerprint density at radius 3 is 2.39 bits per heavy atom. The van der Waals surface area contributed by atoms with Crippen LogP contribution in [0.15, 0.2) is 54.1 Å². The molecule has 1 aliphatic carbocycles. The summed E-state index contributed by atoms with van der Waals surface area (Å²) in [6.07, 6.45) is 2.88. The van der Waals surface area contributed by atoms with E-state index in [1.807, 2.05) is 24.3 Å². The Kier molecular flexibility index (Phi) is 4.90. The third-order valence-corrected chi connectivity index (χ3v) is 4.82. The SMILES string of the molecule is FC(F)(F)C1C=C(C2CCN(Cc3ccccc3)CC2)C=CC1. The maximum Gasteiger partial charge on any atom is 0.395 e. The van der Waals surface area contributed by atoms with Gasteiger partial charge in [0.2, 0.25) is 0 Å². The van der Waals surface area contributed by atoms with E-state index in [1.165, 1.54) is 11.6 Å². The average Bonchev–Trinajstić information content (AvgIpc) is 2.56. The summed E-state index contributed by atoms with van der Waals surface area (Å²) < 4.78 is 38.7. The Morgan fingerprint density at radius 2 is 1.74 bits per heavy atom. The third kappa shape index (κ3) is 4.25. The molecule has 0 aromatic heterocycles. The van der Waals surface area contributed by atoms with Crippen molar-refractivity contribution in [2.24, 2.45) is 11.8 Å². The van der Waals surface area contributed by atoms with Crippen LogP contribution in [0.5, 0.6) is 0 Å². The second-order valence-electron chi connectivity index (χ2n) is 6.49. The second kappa shape index (κ2) is 6.91. The Bertz CT molecular complexity index is 566. The summed E-state index contributed by atoms with van der Waals surface area (Å²) in [6, 6.07) is 10.3. The molecule has 1 heterocycles. The molecule has 0 spiro atoms. The summed E-state index contributed by atoms with van der Waals surface area (Å²) in [7, 11) is 0. The van der Waals surface area contributed by atoms with Crippen molar-refractivity contribution in [1.82, 2.24) is 4.90 Å². The van der Waals surface area contributed by atoms with E-state index in [9.17, 15) is 13.2 Å². The molecule has 1 aliphatic heterocycles. The van der Waals surface area contributed by atoms with Gasteiger partial charge in [-0.2, -0.15) is 13.2 Å². The van der Waals surface area contributed by atoms with Crippen LogP contribution in [0.2, 0.25) is 0 Å². The largest absolute Gasteiger partial charge is 0.395 e. The van der Waals surface area contributed by atoms with Gasteiger partial charge in [0.05, 0.1) is 5.92 Å². The first-order valence-electron chi connectivity index (χ1n) is 8.23.